The van der Waals surface area contributed by atoms with Crippen LogP contribution in [-0.2, 0) is 6.42 Å². The molecule has 1 heterocycles. The molecule has 1 aromatic heterocycles. The number of hydrogen-bond acceptors (Lipinski definition) is 2. The lowest BCUT2D eigenvalue weighted by Gasteiger charge is -2.09. The Bertz CT molecular complexity index is 292. The average molecular weight is 176 g/mol. The zero-order valence-corrected chi connectivity index (χ0v) is 8.03. The van der Waals surface area contributed by atoms with E-state index in [0.717, 1.165) is 23.7 Å². The minimum atomic E-state index is 0.328. The van der Waals surface area contributed by atoms with Crippen molar-refractivity contribution in [1.82, 2.24) is 4.98 Å². The second kappa shape index (κ2) is 3.46. The molecule has 0 aliphatic heterocycles. The first-order chi connectivity index (χ1) is 6.25. The molecule has 0 aromatic carbocycles. The normalized spacial score (nSPS) is 18.6. The summed E-state index contributed by atoms with van der Waals surface area (Å²) in [6, 6.07) is 6.47. The van der Waals surface area contributed by atoms with Crippen molar-refractivity contribution >= 4 is 0 Å². The number of pyridine rings is 1. The van der Waals surface area contributed by atoms with Crippen molar-refractivity contribution in [2.24, 2.45) is 11.7 Å². The van der Waals surface area contributed by atoms with Crippen LogP contribution in [0.3, 0.4) is 0 Å². The summed E-state index contributed by atoms with van der Waals surface area (Å²) in [5.41, 5.74) is 8.24. The molecule has 1 aliphatic rings. The third-order valence-electron chi connectivity index (χ3n) is 2.62. The molecule has 70 valence electrons. The summed E-state index contributed by atoms with van der Waals surface area (Å²) in [6.45, 7) is 2.02. The van der Waals surface area contributed by atoms with E-state index in [4.69, 9.17) is 5.73 Å². The zero-order chi connectivity index (χ0) is 9.26. The van der Waals surface area contributed by atoms with Gasteiger partial charge in [-0.2, -0.15) is 0 Å². The molecule has 1 aromatic rings. The summed E-state index contributed by atoms with van der Waals surface area (Å²) in [7, 11) is 0. The smallest absolute Gasteiger partial charge is 0.0422 e. The third-order valence-corrected chi connectivity index (χ3v) is 2.62. The largest absolute Gasteiger partial charge is 0.327 e. The van der Waals surface area contributed by atoms with Crippen molar-refractivity contribution in [3.63, 3.8) is 0 Å². The Morgan fingerprint density at radius 1 is 1.54 bits per heavy atom. The fourth-order valence-corrected chi connectivity index (χ4v) is 1.65. The quantitative estimate of drug-likeness (QED) is 0.761. The summed E-state index contributed by atoms with van der Waals surface area (Å²) in [4.78, 5) is 4.44. The van der Waals surface area contributed by atoms with E-state index in [1.807, 2.05) is 13.0 Å². The van der Waals surface area contributed by atoms with E-state index in [9.17, 15) is 0 Å². The average Bonchev–Trinajstić information content (AvgIpc) is 2.85. The number of aryl methyl sites for hydroxylation is 1. The first kappa shape index (κ1) is 8.70. The molecule has 0 spiro atoms. The van der Waals surface area contributed by atoms with Crippen molar-refractivity contribution in [1.29, 1.82) is 0 Å². The standard InChI is InChI=1S/C11H16N2/c1-8-3-2-4-10(13-8)7-11(12)9-5-6-9/h2-4,9,11H,5-7,12H2,1H3. The van der Waals surface area contributed by atoms with Crippen LogP contribution in [0.4, 0.5) is 0 Å². The second-order valence-corrected chi connectivity index (χ2v) is 3.98. The molecule has 0 radical (unpaired) electrons. The zero-order valence-electron chi connectivity index (χ0n) is 8.03. The van der Waals surface area contributed by atoms with E-state index >= 15 is 0 Å². The molecular weight excluding hydrogens is 160 g/mol. The van der Waals surface area contributed by atoms with Gasteiger partial charge in [0, 0.05) is 23.9 Å². The highest BCUT2D eigenvalue weighted by Crippen LogP contribution is 2.32. The van der Waals surface area contributed by atoms with Crippen molar-refractivity contribution in [3.8, 4) is 0 Å². The first-order valence-electron chi connectivity index (χ1n) is 4.94. The molecule has 2 rings (SSSR count). The van der Waals surface area contributed by atoms with Gasteiger partial charge in [0.25, 0.3) is 0 Å². The maximum atomic E-state index is 6.02. The molecule has 13 heavy (non-hydrogen) atoms. The van der Waals surface area contributed by atoms with Crippen LogP contribution in [0.25, 0.3) is 0 Å². The topological polar surface area (TPSA) is 38.9 Å². The predicted molar refractivity (Wildman–Crippen MR) is 53.4 cm³/mol. The SMILES string of the molecule is Cc1cccc(CC(N)C2CC2)n1. The van der Waals surface area contributed by atoms with Gasteiger partial charge in [0.1, 0.15) is 0 Å². The Balaban J connectivity index is 2.00. The molecule has 0 amide bonds. The Kier molecular flexibility index (Phi) is 2.32. The minimum absolute atomic E-state index is 0.328. The van der Waals surface area contributed by atoms with Gasteiger partial charge in [0.15, 0.2) is 0 Å². The summed E-state index contributed by atoms with van der Waals surface area (Å²) in [5, 5.41) is 0. The van der Waals surface area contributed by atoms with Crippen LogP contribution in [0.5, 0.6) is 0 Å². The van der Waals surface area contributed by atoms with E-state index in [-0.39, 0.29) is 0 Å². The molecule has 0 saturated heterocycles. The van der Waals surface area contributed by atoms with Crippen LogP contribution in [0.15, 0.2) is 18.2 Å². The van der Waals surface area contributed by atoms with Gasteiger partial charge in [-0.15, -0.1) is 0 Å². The van der Waals surface area contributed by atoms with Crippen molar-refractivity contribution in [3.05, 3.63) is 29.6 Å². The lowest BCUT2D eigenvalue weighted by Crippen LogP contribution is -2.25. The number of hydrogen-bond donors (Lipinski definition) is 1. The number of rotatable bonds is 3. The van der Waals surface area contributed by atoms with E-state index in [0.29, 0.717) is 6.04 Å². The molecule has 2 N–H and O–H groups in total. The number of nitrogens with zero attached hydrogens (tertiary/aromatic N) is 1. The Morgan fingerprint density at radius 2 is 2.31 bits per heavy atom. The highest BCUT2D eigenvalue weighted by atomic mass is 14.7. The van der Waals surface area contributed by atoms with Gasteiger partial charge in [-0.05, 0) is 37.8 Å². The predicted octanol–water partition coefficient (Wildman–Crippen LogP) is 1.67. The van der Waals surface area contributed by atoms with E-state index in [2.05, 4.69) is 17.1 Å². The van der Waals surface area contributed by atoms with Gasteiger partial charge in [-0.1, -0.05) is 6.07 Å². The molecule has 2 heteroatoms. The van der Waals surface area contributed by atoms with Gasteiger partial charge in [0.2, 0.25) is 0 Å². The maximum Gasteiger partial charge on any atom is 0.0422 e. The highest BCUT2D eigenvalue weighted by Gasteiger charge is 2.28. The molecule has 1 atom stereocenters. The van der Waals surface area contributed by atoms with E-state index < -0.39 is 0 Å². The third kappa shape index (κ3) is 2.28. The number of nitrogens with two attached hydrogens (primary N) is 1. The van der Waals surface area contributed by atoms with E-state index in [1.54, 1.807) is 0 Å². The van der Waals surface area contributed by atoms with Crippen molar-refractivity contribution in [2.45, 2.75) is 32.2 Å². The van der Waals surface area contributed by atoms with Gasteiger partial charge in [-0.25, -0.2) is 0 Å². The summed E-state index contributed by atoms with van der Waals surface area (Å²) >= 11 is 0. The summed E-state index contributed by atoms with van der Waals surface area (Å²) in [6.07, 6.45) is 3.56. The fraction of sp³-hybridized carbons (Fsp3) is 0.545. The Labute approximate surface area is 79.2 Å². The molecule has 1 fully saturated rings. The van der Waals surface area contributed by atoms with Crippen molar-refractivity contribution < 1.29 is 0 Å². The summed E-state index contributed by atoms with van der Waals surface area (Å²) in [5.74, 6) is 0.766. The minimum Gasteiger partial charge on any atom is -0.327 e. The molecule has 2 nitrogen and oxygen atoms in total. The van der Waals surface area contributed by atoms with E-state index in [1.165, 1.54) is 12.8 Å². The molecule has 1 aliphatic carbocycles. The van der Waals surface area contributed by atoms with Gasteiger partial charge in [0.05, 0.1) is 0 Å². The lowest BCUT2D eigenvalue weighted by molar-refractivity contribution is 0.583. The van der Waals surface area contributed by atoms with Crippen LogP contribution < -0.4 is 5.73 Å². The molecule has 1 unspecified atom stereocenters. The maximum absolute atomic E-state index is 6.02. The first-order valence-corrected chi connectivity index (χ1v) is 4.94. The summed E-state index contributed by atoms with van der Waals surface area (Å²) < 4.78 is 0. The van der Waals surface area contributed by atoms with Crippen LogP contribution >= 0.6 is 0 Å². The van der Waals surface area contributed by atoms with Gasteiger partial charge < -0.3 is 5.73 Å². The monoisotopic (exact) mass is 176 g/mol. The van der Waals surface area contributed by atoms with Gasteiger partial charge in [-0.3, -0.25) is 4.98 Å². The van der Waals surface area contributed by atoms with Crippen LogP contribution in [0.1, 0.15) is 24.2 Å². The van der Waals surface area contributed by atoms with Crippen LogP contribution in [0, 0.1) is 12.8 Å². The number of aromatic nitrogens is 1. The molecule has 1 saturated carbocycles. The van der Waals surface area contributed by atoms with Gasteiger partial charge >= 0.3 is 0 Å². The molecular formula is C11H16N2. The van der Waals surface area contributed by atoms with Crippen molar-refractivity contribution in [2.75, 3.05) is 0 Å². The Hall–Kier alpha value is -0.890. The van der Waals surface area contributed by atoms with Crippen LogP contribution in [0.2, 0.25) is 0 Å². The lowest BCUT2D eigenvalue weighted by atomic mass is 10.1. The second-order valence-electron chi connectivity index (χ2n) is 3.98. The molecule has 0 bridgehead atoms. The Morgan fingerprint density at radius 3 is 2.92 bits per heavy atom. The fourth-order valence-electron chi connectivity index (χ4n) is 1.65. The van der Waals surface area contributed by atoms with Crippen LogP contribution in [-0.4, -0.2) is 11.0 Å². The highest BCUT2D eigenvalue weighted by molar-refractivity contribution is 5.11.